The van der Waals surface area contributed by atoms with Gasteiger partial charge in [-0.05, 0) is 36.2 Å². The van der Waals surface area contributed by atoms with Crippen LogP contribution in [0.3, 0.4) is 0 Å². The Morgan fingerprint density at radius 3 is 2.25 bits per heavy atom. The van der Waals surface area contributed by atoms with Crippen LogP contribution >= 0.6 is 0 Å². The van der Waals surface area contributed by atoms with E-state index in [-0.39, 0.29) is 5.56 Å². The van der Waals surface area contributed by atoms with Gasteiger partial charge < -0.3 is 5.32 Å². The first-order valence-corrected chi connectivity index (χ1v) is 5.89. The van der Waals surface area contributed by atoms with Gasteiger partial charge in [-0.2, -0.15) is 5.26 Å². The Hall–Kier alpha value is -2.48. The molecule has 0 fully saturated rings. The minimum atomic E-state index is -1.54. The highest BCUT2D eigenvalue weighted by atomic mass is 19.2. The van der Waals surface area contributed by atoms with E-state index in [0.717, 1.165) is 17.7 Å². The fraction of sp³-hybridized carbons (Fsp3) is 0.133. The Kier molecular flexibility index (Phi) is 3.94. The number of anilines is 1. The highest BCUT2D eigenvalue weighted by molar-refractivity contribution is 5.53. The third-order valence-electron chi connectivity index (χ3n) is 2.91. The van der Waals surface area contributed by atoms with Crippen molar-refractivity contribution in [3.63, 3.8) is 0 Å². The van der Waals surface area contributed by atoms with Crippen LogP contribution in [0.1, 0.15) is 17.2 Å². The zero-order valence-electron chi connectivity index (χ0n) is 10.6. The van der Waals surface area contributed by atoms with E-state index in [1.807, 2.05) is 25.1 Å². The number of nitrogens with zero attached hydrogens (tertiary/aromatic N) is 1. The van der Waals surface area contributed by atoms with E-state index in [9.17, 15) is 13.2 Å². The molecule has 102 valence electrons. The predicted molar refractivity (Wildman–Crippen MR) is 69.5 cm³/mol. The second-order valence-electron chi connectivity index (χ2n) is 4.32. The number of para-hydroxylation sites is 1. The fourth-order valence-electron chi connectivity index (χ4n) is 1.82. The molecule has 0 aromatic heterocycles. The molecule has 1 unspecified atom stereocenters. The van der Waals surface area contributed by atoms with E-state index in [0.29, 0.717) is 5.69 Å². The number of rotatable bonds is 3. The van der Waals surface area contributed by atoms with Gasteiger partial charge in [-0.3, -0.25) is 0 Å². The van der Waals surface area contributed by atoms with Gasteiger partial charge >= 0.3 is 0 Å². The van der Waals surface area contributed by atoms with E-state index in [1.54, 1.807) is 12.1 Å². The maximum atomic E-state index is 13.2. The van der Waals surface area contributed by atoms with Gasteiger partial charge in [-0.1, -0.05) is 18.2 Å². The maximum Gasteiger partial charge on any atom is 0.194 e. The summed E-state index contributed by atoms with van der Waals surface area (Å²) in [5, 5.41) is 12.0. The minimum Gasteiger partial charge on any atom is -0.366 e. The molecular weight excluding hydrogens is 265 g/mol. The van der Waals surface area contributed by atoms with Gasteiger partial charge in [0.15, 0.2) is 17.5 Å². The lowest BCUT2D eigenvalue weighted by Crippen LogP contribution is -2.11. The Balaban J connectivity index is 2.35. The van der Waals surface area contributed by atoms with Gasteiger partial charge in [0, 0.05) is 5.69 Å². The minimum absolute atomic E-state index is 0.0344. The van der Waals surface area contributed by atoms with Crippen molar-refractivity contribution in [2.45, 2.75) is 13.0 Å². The molecule has 0 aliphatic heterocycles. The molecule has 0 amide bonds. The summed E-state index contributed by atoms with van der Waals surface area (Å²) in [5.74, 6) is -4.17. The van der Waals surface area contributed by atoms with Crippen molar-refractivity contribution in [2.75, 3.05) is 5.32 Å². The summed E-state index contributed by atoms with van der Waals surface area (Å²) in [7, 11) is 0. The summed E-state index contributed by atoms with van der Waals surface area (Å²) in [5.41, 5.74) is 1.59. The molecule has 2 aromatic rings. The van der Waals surface area contributed by atoms with Crippen molar-refractivity contribution in [1.29, 1.82) is 5.26 Å². The third-order valence-corrected chi connectivity index (χ3v) is 2.91. The Bertz CT molecular complexity index is 654. The molecule has 5 heteroatoms. The van der Waals surface area contributed by atoms with E-state index in [2.05, 4.69) is 5.32 Å². The maximum absolute atomic E-state index is 13.2. The zero-order valence-corrected chi connectivity index (χ0v) is 10.6. The Labute approximate surface area is 114 Å². The average molecular weight is 276 g/mol. The average Bonchev–Trinajstić information content (AvgIpc) is 2.43. The van der Waals surface area contributed by atoms with E-state index < -0.39 is 23.5 Å². The molecule has 0 heterocycles. The lowest BCUT2D eigenvalue weighted by molar-refractivity contribution is 0.445. The van der Waals surface area contributed by atoms with Crippen LogP contribution in [-0.4, -0.2) is 0 Å². The summed E-state index contributed by atoms with van der Waals surface area (Å²) in [6.07, 6.45) is 0. The molecule has 0 aliphatic carbocycles. The van der Waals surface area contributed by atoms with Crippen molar-refractivity contribution in [3.8, 4) is 6.07 Å². The van der Waals surface area contributed by atoms with Crippen molar-refractivity contribution >= 4 is 5.69 Å². The molecule has 0 aliphatic rings. The quantitative estimate of drug-likeness (QED) is 0.857. The molecule has 1 atom stereocenters. The van der Waals surface area contributed by atoms with Crippen molar-refractivity contribution in [1.82, 2.24) is 0 Å². The lowest BCUT2D eigenvalue weighted by atomic mass is 10.1. The number of hydrogen-bond acceptors (Lipinski definition) is 2. The monoisotopic (exact) mass is 276 g/mol. The van der Waals surface area contributed by atoms with Crippen molar-refractivity contribution in [2.24, 2.45) is 0 Å². The van der Waals surface area contributed by atoms with Crippen LogP contribution in [0, 0.1) is 35.7 Å². The third kappa shape index (κ3) is 2.75. The van der Waals surface area contributed by atoms with Crippen LogP contribution in [-0.2, 0) is 0 Å². The zero-order chi connectivity index (χ0) is 14.7. The summed E-state index contributed by atoms with van der Waals surface area (Å²) in [6.45, 7) is 1.84. The van der Waals surface area contributed by atoms with E-state index >= 15 is 0 Å². The highest BCUT2D eigenvalue weighted by Gasteiger charge is 2.17. The summed E-state index contributed by atoms with van der Waals surface area (Å²) in [6, 6.07) is 9.75. The van der Waals surface area contributed by atoms with Crippen molar-refractivity contribution < 1.29 is 13.2 Å². The largest absolute Gasteiger partial charge is 0.366 e. The van der Waals surface area contributed by atoms with Gasteiger partial charge in [0.1, 0.15) is 6.04 Å². The number of nitriles is 1. The Morgan fingerprint density at radius 1 is 1.10 bits per heavy atom. The number of hydrogen-bond donors (Lipinski definition) is 1. The molecule has 0 spiro atoms. The van der Waals surface area contributed by atoms with Crippen molar-refractivity contribution in [3.05, 3.63) is 65.0 Å². The van der Waals surface area contributed by atoms with Crippen LogP contribution < -0.4 is 5.32 Å². The Morgan fingerprint density at radius 2 is 1.70 bits per heavy atom. The lowest BCUT2D eigenvalue weighted by Gasteiger charge is -2.15. The van der Waals surface area contributed by atoms with E-state index in [4.69, 9.17) is 5.26 Å². The van der Waals surface area contributed by atoms with Gasteiger partial charge in [-0.15, -0.1) is 0 Å². The van der Waals surface area contributed by atoms with Crippen LogP contribution in [0.15, 0.2) is 36.4 Å². The first-order chi connectivity index (χ1) is 9.52. The number of benzene rings is 2. The van der Waals surface area contributed by atoms with Gasteiger partial charge in [-0.25, -0.2) is 13.2 Å². The molecule has 2 nitrogen and oxygen atoms in total. The van der Waals surface area contributed by atoms with E-state index in [1.165, 1.54) is 0 Å². The second kappa shape index (κ2) is 5.66. The predicted octanol–water partition coefficient (Wildman–Crippen LogP) is 4.09. The topological polar surface area (TPSA) is 35.8 Å². The molecule has 20 heavy (non-hydrogen) atoms. The number of nitrogens with one attached hydrogen (secondary N) is 1. The van der Waals surface area contributed by atoms with Crippen LogP contribution in [0.25, 0.3) is 0 Å². The molecule has 2 rings (SSSR count). The summed E-state index contributed by atoms with van der Waals surface area (Å²) in [4.78, 5) is 0. The normalized spacial score (nSPS) is 11.8. The van der Waals surface area contributed by atoms with Gasteiger partial charge in [0.2, 0.25) is 0 Å². The summed E-state index contributed by atoms with van der Waals surface area (Å²) >= 11 is 0. The second-order valence-corrected chi connectivity index (χ2v) is 4.32. The van der Waals surface area contributed by atoms with Crippen LogP contribution in [0.5, 0.6) is 0 Å². The molecule has 1 N–H and O–H groups in total. The molecular formula is C15H11F3N2. The van der Waals surface area contributed by atoms with Crippen LogP contribution in [0.4, 0.5) is 18.9 Å². The molecule has 0 saturated heterocycles. The number of aryl methyl sites for hydroxylation is 1. The van der Waals surface area contributed by atoms with Crippen LogP contribution in [0.2, 0.25) is 0 Å². The molecule has 0 radical (unpaired) electrons. The smallest absolute Gasteiger partial charge is 0.194 e. The highest BCUT2D eigenvalue weighted by Crippen LogP contribution is 2.24. The summed E-state index contributed by atoms with van der Waals surface area (Å²) < 4.78 is 39.3. The molecule has 2 aromatic carbocycles. The molecule has 0 bridgehead atoms. The van der Waals surface area contributed by atoms with Gasteiger partial charge in [0.05, 0.1) is 6.07 Å². The first-order valence-electron chi connectivity index (χ1n) is 5.89. The van der Waals surface area contributed by atoms with Gasteiger partial charge in [0.25, 0.3) is 0 Å². The SMILES string of the molecule is Cc1ccccc1NC(C#N)c1cc(F)c(F)c(F)c1. The molecule has 0 saturated carbocycles. The standard InChI is InChI=1S/C15H11F3N2/c1-9-4-2-3-5-13(9)20-14(8-19)10-6-11(16)15(18)12(17)7-10/h2-7,14,20H,1H3. The fourth-order valence-corrected chi connectivity index (χ4v) is 1.82. The number of halogens is 3. The first kappa shape index (κ1) is 13.9.